The van der Waals surface area contributed by atoms with Crippen molar-refractivity contribution < 1.29 is 19.1 Å². The summed E-state index contributed by atoms with van der Waals surface area (Å²) in [5, 5.41) is 5.04. The van der Waals surface area contributed by atoms with Crippen molar-refractivity contribution in [2.75, 3.05) is 13.7 Å². The van der Waals surface area contributed by atoms with Gasteiger partial charge in [-0.25, -0.2) is 0 Å². The minimum absolute atomic E-state index is 0.0738. The van der Waals surface area contributed by atoms with Crippen LogP contribution in [0.1, 0.15) is 19.4 Å². The second-order valence-corrected chi connectivity index (χ2v) is 6.07. The lowest BCUT2D eigenvalue weighted by Gasteiger charge is -2.22. The maximum Gasteiger partial charge on any atom is 0.243 e. The van der Waals surface area contributed by atoms with E-state index in [9.17, 15) is 14.4 Å². The number of benzene rings is 1. The van der Waals surface area contributed by atoms with E-state index in [2.05, 4.69) is 10.6 Å². The number of rotatable bonds is 9. The molecule has 0 fully saturated rings. The number of methoxy groups -OCH3 is 1. The molecule has 138 valence electrons. The summed E-state index contributed by atoms with van der Waals surface area (Å²) in [6.07, 6.45) is 0.241. The normalized spacial score (nSPS) is 13.0. The van der Waals surface area contributed by atoms with E-state index >= 15 is 0 Å². The number of amides is 3. The van der Waals surface area contributed by atoms with E-state index in [1.54, 1.807) is 31.4 Å². The Morgan fingerprint density at radius 1 is 1.12 bits per heavy atom. The fourth-order valence-electron chi connectivity index (χ4n) is 2.07. The number of nitrogens with two attached hydrogens (primary N) is 2. The number of nitrogens with one attached hydrogen (secondary N) is 2. The number of hydrogen-bond donors (Lipinski definition) is 4. The zero-order chi connectivity index (χ0) is 19.0. The van der Waals surface area contributed by atoms with Crippen molar-refractivity contribution in [2.24, 2.45) is 17.4 Å². The Kier molecular flexibility index (Phi) is 7.87. The lowest BCUT2D eigenvalue weighted by Crippen LogP contribution is -2.54. The number of carbonyl (C=O) groups is 3. The molecule has 0 saturated heterocycles. The van der Waals surface area contributed by atoms with Crippen LogP contribution in [0.15, 0.2) is 24.3 Å². The number of ether oxygens (including phenoxy) is 1. The van der Waals surface area contributed by atoms with Gasteiger partial charge in [-0.2, -0.15) is 0 Å². The molecule has 0 bridgehead atoms. The molecule has 25 heavy (non-hydrogen) atoms. The van der Waals surface area contributed by atoms with E-state index in [-0.39, 0.29) is 18.9 Å². The second kappa shape index (κ2) is 9.63. The van der Waals surface area contributed by atoms with E-state index in [1.165, 1.54) is 0 Å². The Morgan fingerprint density at radius 2 is 1.72 bits per heavy atom. The van der Waals surface area contributed by atoms with Crippen LogP contribution in [0, 0.1) is 5.92 Å². The van der Waals surface area contributed by atoms with Crippen molar-refractivity contribution in [3.8, 4) is 5.75 Å². The third-order valence-electron chi connectivity index (χ3n) is 3.69. The molecule has 1 aromatic rings. The van der Waals surface area contributed by atoms with E-state index < -0.39 is 29.8 Å². The minimum Gasteiger partial charge on any atom is -0.497 e. The monoisotopic (exact) mass is 350 g/mol. The highest BCUT2D eigenvalue weighted by Crippen LogP contribution is 2.13. The molecule has 0 spiro atoms. The summed E-state index contributed by atoms with van der Waals surface area (Å²) < 4.78 is 5.09. The van der Waals surface area contributed by atoms with Crippen LogP contribution >= 0.6 is 0 Å². The molecule has 6 N–H and O–H groups in total. The zero-order valence-corrected chi connectivity index (χ0v) is 14.7. The lowest BCUT2D eigenvalue weighted by atomic mass is 10.0. The summed E-state index contributed by atoms with van der Waals surface area (Å²) in [6, 6.07) is 5.50. The topological polar surface area (TPSA) is 137 Å². The van der Waals surface area contributed by atoms with Crippen LogP contribution in [-0.2, 0) is 20.8 Å². The SMILES string of the molecule is COc1ccc(C[C@@H](NC(=O)[C@@H](N)C(C)C)C(=O)NCC(N)=O)cc1. The maximum atomic E-state index is 12.3. The van der Waals surface area contributed by atoms with Crippen molar-refractivity contribution >= 4 is 17.7 Å². The largest absolute Gasteiger partial charge is 0.497 e. The smallest absolute Gasteiger partial charge is 0.243 e. The van der Waals surface area contributed by atoms with Crippen LogP contribution in [0.2, 0.25) is 0 Å². The highest BCUT2D eigenvalue weighted by molar-refractivity contribution is 5.91. The molecule has 8 nitrogen and oxygen atoms in total. The average Bonchev–Trinajstić information content (AvgIpc) is 2.58. The summed E-state index contributed by atoms with van der Waals surface area (Å²) in [5.74, 6) is -0.983. The fourth-order valence-corrected chi connectivity index (χ4v) is 2.07. The quantitative estimate of drug-likeness (QED) is 0.467. The third-order valence-corrected chi connectivity index (χ3v) is 3.69. The lowest BCUT2D eigenvalue weighted by molar-refractivity contribution is -0.130. The number of hydrogen-bond acceptors (Lipinski definition) is 5. The summed E-state index contributed by atoms with van der Waals surface area (Å²) in [6.45, 7) is 3.33. The molecule has 0 aromatic heterocycles. The first-order chi connectivity index (χ1) is 11.7. The Labute approximate surface area is 147 Å². The van der Waals surface area contributed by atoms with E-state index in [0.29, 0.717) is 5.75 Å². The van der Waals surface area contributed by atoms with Crippen LogP contribution < -0.4 is 26.8 Å². The Morgan fingerprint density at radius 3 is 2.20 bits per heavy atom. The summed E-state index contributed by atoms with van der Waals surface area (Å²) in [4.78, 5) is 35.4. The molecular formula is C17H26N4O4. The van der Waals surface area contributed by atoms with Gasteiger partial charge in [0, 0.05) is 6.42 Å². The van der Waals surface area contributed by atoms with Gasteiger partial charge in [0.25, 0.3) is 0 Å². The molecule has 1 rings (SSSR count). The van der Waals surface area contributed by atoms with Gasteiger partial charge in [0.1, 0.15) is 11.8 Å². The molecule has 2 atom stereocenters. The molecule has 3 amide bonds. The third kappa shape index (κ3) is 6.80. The summed E-state index contributed by atoms with van der Waals surface area (Å²) in [7, 11) is 1.56. The predicted octanol–water partition coefficient (Wildman–Crippen LogP) is -0.693. The molecular weight excluding hydrogens is 324 g/mol. The van der Waals surface area contributed by atoms with Gasteiger partial charge < -0.3 is 26.8 Å². The Balaban J connectivity index is 2.87. The molecule has 0 heterocycles. The molecule has 0 aliphatic rings. The van der Waals surface area contributed by atoms with Crippen molar-refractivity contribution in [3.63, 3.8) is 0 Å². The van der Waals surface area contributed by atoms with Crippen molar-refractivity contribution in [1.82, 2.24) is 10.6 Å². The highest BCUT2D eigenvalue weighted by Gasteiger charge is 2.25. The van der Waals surface area contributed by atoms with E-state index in [4.69, 9.17) is 16.2 Å². The molecule has 8 heteroatoms. The Hall–Kier alpha value is -2.61. The predicted molar refractivity (Wildman–Crippen MR) is 93.6 cm³/mol. The van der Waals surface area contributed by atoms with Crippen LogP contribution in [0.4, 0.5) is 0 Å². The van der Waals surface area contributed by atoms with Crippen LogP contribution in [0.25, 0.3) is 0 Å². The van der Waals surface area contributed by atoms with E-state index in [1.807, 2.05) is 13.8 Å². The molecule has 0 saturated carbocycles. The summed E-state index contributed by atoms with van der Waals surface area (Å²) >= 11 is 0. The van der Waals surface area contributed by atoms with Gasteiger partial charge >= 0.3 is 0 Å². The first-order valence-corrected chi connectivity index (χ1v) is 7.99. The van der Waals surface area contributed by atoms with Crippen molar-refractivity contribution in [1.29, 1.82) is 0 Å². The zero-order valence-electron chi connectivity index (χ0n) is 14.7. The Bertz CT molecular complexity index is 601. The molecule has 0 unspecified atom stereocenters. The van der Waals surface area contributed by atoms with E-state index in [0.717, 1.165) is 5.56 Å². The van der Waals surface area contributed by atoms with Gasteiger partial charge in [0.15, 0.2) is 0 Å². The second-order valence-electron chi connectivity index (χ2n) is 6.07. The maximum absolute atomic E-state index is 12.3. The van der Waals surface area contributed by atoms with Crippen LogP contribution in [-0.4, -0.2) is 43.5 Å². The van der Waals surface area contributed by atoms with Crippen molar-refractivity contribution in [2.45, 2.75) is 32.4 Å². The van der Waals surface area contributed by atoms with Gasteiger partial charge in [-0.1, -0.05) is 26.0 Å². The molecule has 0 radical (unpaired) electrons. The minimum atomic E-state index is -0.870. The van der Waals surface area contributed by atoms with Gasteiger partial charge in [-0.05, 0) is 23.6 Å². The van der Waals surface area contributed by atoms with Crippen LogP contribution in [0.5, 0.6) is 5.75 Å². The van der Waals surface area contributed by atoms with Gasteiger partial charge in [0.2, 0.25) is 17.7 Å². The first-order valence-electron chi connectivity index (χ1n) is 7.99. The van der Waals surface area contributed by atoms with Gasteiger partial charge in [-0.15, -0.1) is 0 Å². The average molecular weight is 350 g/mol. The number of primary amides is 1. The van der Waals surface area contributed by atoms with Crippen LogP contribution in [0.3, 0.4) is 0 Å². The molecule has 1 aromatic carbocycles. The summed E-state index contributed by atoms with van der Waals surface area (Å²) in [5.41, 5.74) is 11.7. The standard InChI is InChI=1S/C17H26N4O4/c1-10(2)15(19)17(24)21-13(16(23)20-9-14(18)22)8-11-4-6-12(25-3)7-5-11/h4-7,10,13,15H,8-9,19H2,1-3H3,(H2,18,22)(H,20,23)(H,21,24)/t13-,15+/m1/s1. The molecule has 0 aliphatic heterocycles. The van der Waals surface area contributed by atoms with Gasteiger partial charge in [-0.3, -0.25) is 14.4 Å². The van der Waals surface area contributed by atoms with Gasteiger partial charge in [0.05, 0.1) is 19.7 Å². The molecule has 0 aliphatic carbocycles. The van der Waals surface area contributed by atoms with Crippen molar-refractivity contribution in [3.05, 3.63) is 29.8 Å². The first kappa shape index (κ1) is 20.4. The number of carbonyl (C=O) groups excluding carboxylic acids is 3. The highest BCUT2D eigenvalue weighted by atomic mass is 16.5. The fraction of sp³-hybridized carbons (Fsp3) is 0.471.